The second-order valence-electron chi connectivity index (χ2n) is 5.74. The highest BCUT2D eigenvalue weighted by atomic mass is 79.9. The van der Waals surface area contributed by atoms with Crippen LogP contribution < -0.4 is 10.0 Å². The van der Waals surface area contributed by atoms with Crippen molar-refractivity contribution in [3.63, 3.8) is 0 Å². The van der Waals surface area contributed by atoms with Gasteiger partial charge in [0.05, 0.1) is 11.0 Å². The van der Waals surface area contributed by atoms with E-state index in [0.29, 0.717) is 11.6 Å². The number of hydrogen-bond donors (Lipinski definition) is 3. The van der Waals surface area contributed by atoms with Gasteiger partial charge in [-0.15, -0.1) is 0 Å². The Hall–Kier alpha value is -2.77. The molecule has 3 aromatic carbocycles. The van der Waals surface area contributed by atoms with Crippen LogP contribution in [0.1, 0.15) is 0 Å². The van der Waals surface area contributed by atoms with Crippen molar-refractivity contribution in [1.82, 2.24) is 9.97 Å². The van der Waals surface area contributed by atoms with Crippen LogP contribution in [0.2, 0.25) is 0 Å². The Kier molecular flexibility index (Phi) is 5.13. The zero-order chi connectivity index (χ0) is 18.6. The zero-order valence-electron chi connectivity index (χ0n) is 14.1. The van der Waals surface area contributed by atoms with Crippen LogP contribution in [-0.4, -0.2) is 15.1 Å². The average Bonchev–Trinajstić information content (AvgIpc) is 2.69. The summed E-state index contributed by atoms with van der Waals surface area (Å²) in [6, 6.07) is 22.6. The molecule has 0 amide bonds. The summed E-state index contributed by atoms with van der Waals surface area (Å²) in [5, 5.41) is 12.7. The number of fused-ring (bicyclic) bond motifs is 1. The van der Waals surface area contributed by atoms with Gasteiger partial charge < -0.3 is 15.1 Å². The van der Waals surface area contributed by atoms with Crippen molar-refractivity contribution in [1.29, 1.82) is 0 Å². The lowest BCUT2D eigenvalue weighted by molar-refractivity contribution is 0.475. The van der Waals surface area contributed by atoms with Crippen LogP contribution in [0.15, 0.2) is 82.2 Å². The van der Waals surface area contributed by atoms with E-state index in [1.807, 2.05) is 48.5 Å². The highest BCUT2D eigenvalue weighted by Gasteiger charge is 2.10. The van der Waals surface area contributed by atoms with Gasteiger partial charge in [0.1, 0.15) is 5.75 Å². The Bertz CT molecular complexity index is 1070. The summed E-state index contributed by atoms with van der Waals surface area (Å²) >= 11 is 4.91. The molecular weight excluding hydrogens is 424 g/mol. The summed E-state index contributed by atoms with van der Waals surface area (Å²) in [5.74, 6) is 1.47. The molecule has 0 saturated heterocycles. The summed E-state index contributed by atoms with van der Waals surface area (Å²) in [7, 11) is 0. The maximum absolute atomic E-state index is 9.47. The van der Waals surface area contributed by atoms with Crippen LogP contribution in [0, 0.1) is 0 Å². The maximum atomic E-state index is 9.47. The third kappa shape index (κ3) is 4.32. The van der Waals surface area contributed by atoms with Gasteiger partial charge in [-0.05, 0) is 72.6 Å². The Morgan fingerprint density at radius 3 is 2.07 bits per heavy atom. The molecule has 0 unspecified atom stereocenters. The third-order valence-corrected chi connectivity index (χ3v) is 5.11. The number of aromatic nitrogens is 2. The minimum absolute atomic E-state index is 0.217. The molecule has 0 bridgehead atoms. The number of benzene rings is 3. The summed E-state index contributed by atoms with van der Waals surface area (Å²) in [6.45, 7) is 0. The van der Waals surface area contributed by atoms with Gasteiger partial charge in [-0.3, -0.25) is 0 Å². The molecule has 134 valence electrons. The number of anilines is 3. The average molecular weight is 439 g/mol. The monoisotopic (exact) mass is 438 g/mol. The maximum Gasteiger partial charge on any atom is 0.180 e. The van der Waals surface area contributed by atoms with Gasteiger partial charge in [-0.25, -0.2) is 9.97 Å². The molecular formula is C20H15BrN4OS. The topological polar surface area (TPSA) is 70.1 Å². The molecule has 3 N–H and O–H groups in total. The molecule has 1 aromatic heterocycles. The lowest BCUT2D eigenvalue weighted by Crippen LogP contribution is -2.02. The number of phenolic OH excluding ortho intramolecular Hbond substituents is 1. The Morgan fingerprint density at radius 1 is 0.778 bits per heavy atom. The molecule has 1 heterocycles. The minimum atomic E-state index is 0.217. The number of phenols is 1. The van der Waals surface area contributed by atoms with E-state index >= 15 is 0 Å². The van der Waals surface area contributed by atoms with E-state index in [-0.39, 0.29) is 5.75 Å². The first-order chi connectivity index (χ1) is 13.2. The highest BCUT2D eigenvalue weighted by molar-refractivity contribution is 9.10. The van der Waals surface area contributed by atoms with Crippen molar-refractivity contribution in [2.45, 2.75) is 4.90 Å². The summed E-state index contributed by atoms with van der Waals surface area (Å²) in [5.41, 5.74) is 2.43. The first-order valence-corrected chi connectivity index (χ1v) is 9.79. The molecule has 7 heteroatoms. The predicted octanol–water partition coefficient (Wildman–Crippen LogP) is 5.96. The van der Waals surface area contributed by atoms with Crippen molar-refractivity contribution < 1.29 is 5.11 Å². The quantitative estimate of drug-likeness (QED) is 0.263. The molecule has 27 heavy (non-hydrogen) atoms. The van der Waals surface area contributed by atoms with Gasteiger partial charge in [0, 0.05) is 15.1 Å². The number of nitrogens with one attached hydrogen (secondary N) is 2. The summed E-state index contributed by atoms with van der Waals surface area (Å²) in [6.07, 6.45) is 0. The minimum Gasteiger partial charge on any atom is -0.508 e. The van der Waals surface area contributed by atoms with Crippen molar-refractivity contribution in [3.05, 3.63) is 77.3 Å². The molecule has 0 aliphatic carbocycles. The largest absolute Gasteiger partial charge is 0.508 e. The number of hydrogen-bond acceptors (Lipinski definition) is 6. The number of aromatic hydroxyl groups is 1. The fourth-order valence-electron chi connectivity index (χ4n) is 2.45. The second-order valence-corrected chi connectivity index (χ2v) is 7.53. The van der Waals surface area contributed by atoms with Crippen molar-refractivity contribution in [2.24, 2.45) is 0 Å². The lowest BCUT2D eigenvalue weighted by Gasteiger charge is -2.13. The van der Waals surface area contributed by atoms with Gasteiger partial charge in [0.2, 0.25) is 0 Å². The molecule has 0 aliphatic rings. The Morgan fingerprint density at radius 2 is 1.41 bits per heavy atom. The molecule has 0 spiro atoms. The molecule has 0 saturated carbocycles. The smallest absolute Gasteiger partial charge is 0.180 e. The van der Waals surface area contributed by atoms with E-state index < -0.39 is 0 Å². The zero-order valence-corrected chi connectivity index (χ0v) is 16.5. The van der Waals surface area contributed by atoms with Crippen LogP contribution in [0.4, 0.5) is 17.3 Å². The molecule has 4 aromatic rings. The second kappa shape index (κ2) is 7.85. The van der Waals surface area contributed by atoms with Crippen LogP contribution in [0.5, 0.6) is 5.75 Å². The van der Waals surface area contributed by atoms with E-state index in [9.17, 15) is 5.11 Å². The van der Waals surface area contributed by atoms with Gasteiger partial charge in [-0.1, -0.05) is 28.1 Å². The Labute approximate surface area is 169 Å². The fraction of sp³-hybridized carbons (Fsp3) is 0. The highest BCUT2D eigenvalue weighted by Crippen LogP contribution is 2.29. The number of rotatable bonds is 5. The van der Waals surface area contributed by atoms with E-state index in [1.54, 1.807) is 24.3 Å². The van der Waals surface area contributed by atoms with Crippen LogP contribution in [-0.2, 0) is 0 Å². The number of nitrogens with zero attached hydrogens (tertiary/aromatic N) is 2. The van der Waals surface area contributed by atoms with E-state index in [0.717, 1.165) is 26.1 Å². The molecule has 0 aliphatic heterocycles. The van der Waals surface area contributed by atoms with E-state index in [1.165, 1.54) is 11.9 Å². The fourth-order valence-corrected chi connectivity index (χ4v) is 3.34. The first-order valence-electron chi connectivity index (χ1n) is 8.19. The predicted molar refractivity (Wildman–Crippen MR) is 115 cm³/mol. The first kappa shape index (κ1) is 17.6. The van der Waals surface area contributed by atoms with Crippen molar-refractivity contribution >= 4 is 56.2 Å². The van der Waals surface area contributed by atoms with Gasteiger partial charge in [0.25, 0.3) is 0 Å². The van der Waals surface area contributed by atoms with Crippen LogP contribution in [0.25, 0.3) is 11.0 Å². The Balaban J connectivity index is 1.65. The SMILES string of the molecule is Oc1ccc(Nc2nc3ccccc3nc2NSc2ccc(Br)cc2)cc1. The van der Waals surface area contributed by atoms with E-state index in [2.05, 4.69) is 26.0 Å². The van der Waals surface area contributed by atoms with Gasteiger partial charge in [0.15, 0.2) is 11.6 Å². The number of halogens is 1. The molecule has 0 atom stereocenters. The van der Waals surface area contributed by atoms with Crippen molar-refractivity contribution in [3.8, 4) is 5.75 Å². The summed E-state index contributed by atoms with van der Waals surface area (Å²) < 4.78 is 4.32. The lowest BCUT2D eigenvalue weighted by atomic mass is 10.3. The van der Waals surface area contributed by atoms with Crippen LogP contribution >= 0.6 is 27.9 Å². The van der Waals surface area contributed by atoms with Gasteiger partial charge in [-0.2, -0.15) is 0 Å². The standard InChI is InChI=1S/C20H15BrN4OS/c21-13-5-11-16(12-6-13)27-25-20-19(22-14-7-9-15(26)10-8-14)23-17-3-1-2-4-18(17)24-20/h1-12,26H,(H,22,23)(H,24,25). The van der Waals surface area contributed by atoms with Crippen LogP contribution in [0.3, 0.4) is 0 Å². The molecule has 0 radical (unpaired) electrons. The van der Waals surface area contributed by atoms with Gasteiger partial charge >= 0.3 is 0 Å². The molecule has 0 fully saturated rings. The molecule has 5 nitrogen and oxygen atoms in total. The number of para-hydroxylation sites is 2. The van der Waals surface area contributed by atoms with E-state index in [4.69, 9.17) is 9.97 Å². The van der Waals surface area contributed by atoms with Crippen molar-refractivity contribution in [2.75, 3.05) is 10.0 Å². The summed E-state index contributed by atoms with van der Waals surface area (Å²) in [4.78, 5) is 10.5. The normalized spacial score (nSPS) is 10.7. The third-order valence-electron chi connectivity index (χ3n) is 3.78. The molecule has 4 rings (SSSR count).